The average molecular weight is 495 g/mol. The summed E-state index contributed by atoms with van der Waals surface area (Å²) in [7, 11) is 2.89. The Labute approximate surface area is 206 Å². The zero-order valence-corrected chi connectivity index (χ0v) is 20.1. The molecule has 2 heterocycles. The maximum Gasteiger partial charge on any atom is 0.236 e. The molecule has 1 aromatic heterocycles. The van der Waals surface area contributed by atoms with Crippen molar-refractivity contribution >= 4 is 28.9 Å². The second kappa shape index (κ2) is 8.74. The molecule has 0 saturated carbocycles. The van der Waals surface area contributed by atoms with Crippen molar-refractivity contribution in [3.63, 3.8) is 0 Å². The van der Waals surface area contributed by atoms with Crippen LogP contribution >= 0.6 is 11.6 Å². The number of fused-ring (bicyclic) bond motifs is 1. The fraction of sp³-hybridized carbons (Fsp3) is 0.280. The Balaban J connectivity index is 1.43. The normalized spacial score (nSPS) is 20.9. The first-order chi connectivity index (χ1) is 16.9. The van der Waals surface area contributed by atoms with Gasteiger partial charge in [-0.05, 0) is 24.1 Å². The molecule has 9 nitrogen and oxygen atoms in total. The summed E-state index contributed by atoms with van der Waals surface area (Å²) < 4.78 is 18.5. The molecule has 0 radical (unpaired) electrons. The Hall–Kier alpha value is -3.85. The molecular weight excluding hydrogens is 472 g/mol. The van der Waals surface area contributed by atoms with E-state index < -0.39 is 23.1 Å². The lowest BCUT2D eigenvalue weighted by Crippen LogP contribution is -2.55. The first-order valence-electron chi connectivity index (χ1n) is 11.0. The number of allylic oxidation sites excluding steroid dienone is 1. The number of nitrogens with zero attached hydrogens (tertiary/aromatic N) is 3. The van der Waals surface area contributed by atoms with Gasteiger partial charge in [-0.15, -0.1) is 0 Å². The third-order valence-electron chi connectivity index (χ3n) is 6.35. The SMILES string of the molecule is COc1cc(OC)c2c(c1Cl)O[C@@]1(C(=O)C=C(Nc3cccc(Cn4cncn4)c3)C[C@H]1C)C2=O. The fourth-order valence-corrected chi connectivity index (χ4v) is 4.92. The summed E-state index contributed by atoms with van der Waals surface area (Å²) >= 11 is 6.44. The summed E-state index contributed by atoms with van der Waals surface area (Å²) in [6, 6.07) is 9.32. The number of methoxy groups -OCH3 is 2. The van der Waals surface area contributed by atoms with Crippen LogP contribution in [0.5, 0.6) is 17.2 Å². The molecule has 0 bridgehead atoms. The van der Waals surface area contributed by atoms with Gasteiger partial charge in [0.2, 0.25) is 17.2 Å². The zero-order valence-electron chi connectivity index (χ0n) is 19.4. The Morgan fingerprint density at radius 3 is 2.71 bits per heavy atom. The number of rotatable bonds is 6. The zero-order chi connectivity index (χ0) is 24.7. The number of anilines is 1. The number of aromatic nitrogens is 3. The maximum atomic E-state index is 13.6. The molecule has 1 aliphatic carbocycles. The molecule has 0 saturated heterocycles. The smallest absolute Gasteiger partial charge is 0.236 e. The fourth-order valence-electron chi connectivity index (χ4n) is 4.65. The summed E-state index contributed by atoms with van der Waals surface area (Å²) in [5, 5.41) is 7.57. The first-order valence-corrected chi connectivity index (χ1v) is 11.4. The van der Waals surface area contributed by atoms with Crippen molar-refractivity contribution in [3.8, 4) is 17.2 Å². The number of halogens is 1. The van der Waals surface area contributed by atoms with Gasteiger partial charge in [-0.2, -0.15) is 5.10 Å². The number of hydrogen-bond acceptors (Lipinski definition) is 8. The summed E-state index contributed by atoms with van der Waals surface area (Å²) in [4.78, 5) is 31.0. The molecular formula is C25H23ClN4O5. The number of carbonyl (C=O) groups is 2. The van der Waals surface area contributed by atoms with Crippen molar-refractivity contribution in [1.29, 1.82) is 0 Å². The van der Waals surface area contributed by atoms with Gasteiger partial charge in [0.25, 0.3) is 0 Å². The van der Waals surface area contributed by atoms with Crippen molar-refractivity contribution in [1.82, 2.24) is 14.8 Å². The number of ether oxygens (including phenoxy) is 3. The van der Waals surface area contributed by atoms with Crippen LogP contribution in [0, 0.1) is 5.92 Å². The van der Waals surface area contributed by atoms with Gasteiger partial charge >= 0.3 is 0 Å². The van der Waals surface area contributed by atoms with Crippen LogP contribution in [-0.2, 0) is 11.3 Å². The Morgan fingerprint density at radius 1 is 1.23 bits per heavy atom. The molecule has 0 amide bonds. The lowest BCUT2D eigenvalue weighted by molar-refractivity contribution is -0.129. The summed E-state index contributed by atoms with van der Waals surface area (Å²) in [5.74, 6) is -0.717. The minimum absolute atomic E-state index is 0.110. The van der Waals surface area contributed by atoms with E-state index in [9.17, 15) is 9.59 Å². The van der Waals surface area contributed by atoms with Crippen LogP contribution < -0.4 is 19.5 Å². The van der Waals surface area contributed by atoms with Crippen LogP contribution in [0.1, 0.15) is 29.3 Å². The van der Waals surface area contributed by atoms with Crippen LogP contribution in [0.4, 0.5) is 5.69 Å². The van der Waals surface area contributed by atoms with Gasteiger partial charge < -0.3 is 19.5 Å². The van der Waals surface area contributed by atoms with E-state index >= 15 is 0 Å². The molecule has 35 heavy (non-hydrogen) atoms. The minimum Gasteiger partial charge on any atom is -0.496 e. The Morgan fingerprint density at radius 2 is 2.03 bits per heavy atom. The third kappa shape index (κ3) is 3.72. The molecule has 1 spiro atoms. The highest BCUT2D eigenvalue weighted by atomic mass is 35.5. The molecule has 1 N–H and O–H groups in total. The quantitative estimate of drug-likeness (QED) is 0.514. The third-order valence-corrected chi connectivity index (χ3v) is 6.71. The topological polar surface area (TPSA) is 105 Å². The molecule has 0 unspecified atom stereocenters. The average Bonchev–Trinajstić information content (AvgIpc) is 3.46. The lowest BCUT2D eigenvalue weighted by atomic mass is 9.74. The van der Waals surface area contributed by atoms with Crippen LogP contribution in [-0.4, -0.2) is 46.2 Å². The van der Waals surface area contributed by atoms with Crippen molar-refractivity contribution in [2.24, 2.45) is 5.92 Å². The molecule has 1 aliphatic heterocycles. The number of carbonyl (C=O) groups excluding carboxylic acids is 2. The van der Waals surface area contributed by atoms with E-state index in [0.717, 1.165) is 11.3 Å². The molecule has 180 valence electrons. The van der Waals surface area contributed by atoms with Crippen LogP contribution in [0.2, 0.25) is 5.02 Å². The number of benzene rings is 2. The van der Waals surface area contributed by atoms with Crippen LogP contribution in [0.3, 0.4) is 0 Å². The molecule has 2 aliphatic rings. The number of Topliss-reactive ketones (excluding diaryl/α,β-unsaturated/α-hetero) is 1. The largest absolute Gasteiger partial charge is 0.496 e. The highest BCUT2D eigenvalue weighted by molar-refractivity contribution is 6.36. The van der Waals surface area contributed by atoms with Gasteiger partial charge in [-0.25, -0.2) is 9.67 Å². The maximum absolute atomic E-state index is 13.6. The highest BCUT2D eigenvalue weighted by Gasteiger charge is 2.60. The molecule has 5 rings (SSSR count). The van der Waals surface area contributed by atoms with E-state index in [1.54, 1.807) is 11.0 Å². The highest BCUT2D eigenvalue weighted by Crippen LogP contribution is 2.53. The predicted octanol–water partition coefficient (Wildman–Crippen LogP) is 3.92. The van der Waals surface area contributed by atoms with Gasteiger partial charge in [0.1, 0.15) is 34.7 Å². The summed E-state index contributed by atoms with van der Waals surface area (Å²) in [6.07, 6.45) is 4.99. The number of hydrogen-bond donors (Lipinski definition) is 1. The van der Waals surface area contributed by atoms with E-state index in [0.29, 0.717) is 24.4 Å². The van der Waals surface area contributed by atoms with Gasteiger partial charge in [0.15, 0.2) is 5.75 Å². The van der Waals surface area contributed by atoms with Gasteiger partial charge in [0.05, 0.1) is 20.8 Å². The predicted molar refractivity (Wildman–Crippen MR) is 128 cm³/mol. The van der Waals surface area contributed by atoms with Crippen molar-refractivity contribution in [3.05, 3.63) is 70.9 Å². The lowest BCUT2D eigenvalue weighted by Gasteiger charge is -2.35. The Kier molecular flexibility index (Phi) is 5.72. The van der Waals surface area contributed by atoms with Gasteiger partial charge in [-0.3, -0.25) is 9.59 Å². The van der Waals surface area contributed by atoms with E-state index in [1.165, 1.54) is 32.7 Å². The van der Waals surface area contributed by atoms with Crippen LogP contribution in [0.25, 0.3) is 0 Å². The molecule has 10 heteroatoms. The Bertz CT molecular complexity index is 1350. The first kappa shape index (κ1) is 22.9. The molecule has 2 aromatic carbocycles. The van der Waals surface area contributed by atoms with Crippen molar-refractivity contribution < 1.29 is 23.8 Å². The second-order valence-corrected chi connectivity index (χ2v) is 8.90. The number of nitrogens with one attached hydrogen (secondary N) is 1. The van der Waals surface area contributed by atoms with Crippen molar-refractivity contribution in [2.75, 3.05) is 19.5 Å². The van der Waals surface area contributed by atoms with Crippen LogP contribution in [0.15, 0.2) is 54.8 Å². The van der Waals surface area contributed by atoms with E-state index in [2.05, 4.69) is 15.4 Å². The van der Waals surface area contributed by atoms with E-state index in [4.69, 9.17) is 25.8 Å². The van der Waals surface area contributed by atoms with E-state index in [1.807, 2.05) is 31.2 Å². The van der Waals surface area contributed by atoms with Gasteiger partial charge in [-0.1, -0.05) is 30.7 Å². The summed E-state index contributed by atoms with van der Waals surface area (Å²) in [6.45, 7) is 2.38. The summed E-state index contributed by atoms with van der Waals surface area (Å²) in [5.41, 5.74) is 0.985. The number of ketones is 2. The van der Waals surface area contributed by atoms with Crippen molar-refractivity contribution in [2.45, 2.75) is 25.5 Å². The second-order valence-electron chi connectivity index (χ2n) is 8.52. The standard InChI is InChI=1S/C25H23ClN4O5/c1-14-7-17(29-16-6-4-5-15(8-16)11-30-13-27-12-28-30)9-20(31)25(14)24(32)21-18(33-2)10-19(34-3)22(26)23(21)35-25/h4-6,8-10,12-14,29H,7,11H2,1-3H3/t14-,25+/m1/s1. The molecule has 0 fully saturated rings. The van der Waals surface area contributed by atoms with E-state index in [-0.39, 0.29) is 22.1 Å². The monoisotopic (exact) mass is 494 g/mol. The minimum atomic E-state index is -1.70. The molecule has 2 atom stereocenters. The van der Waals surface area contributed by atoms with Gasteiger partial charge in [0, 0.05) is 29.4 Å². The molecule has 3 aromatic rings.